The van der Waals surface area contributed by atoms with Gasteiger partial charge in [-0.15, -0.1) is 0 Å². The van der Waals surface area contributed by atoms with Gasteiger partial charge in [0.2, 0.25) is 0 Å². The van der Waals surface area contributed by atoms with E-state index in [9.17, 15) is 0 Å². The molecule has 2 heteroatoms. The Bertz CT molecular complexity index is 2300. The fourth-order valence-electron chi connectivity index (χ4n) is 7.46. The number of nitrogens with zero attached hydrogens (tertiary/aromatic N) is 1. The third-order valence-corrected chi connectivity index (χ3v) is 11.5. The van der Waals surface area contributed by atoms with Gasteiger partial charge >= 0.3 is 0 Å². The van der Waals surface area contributed by atoms with Crippen molar-refractivity contribution in [1.29, 1.82) is 0 Å². The Morgan fingerprint density at radius 3 is 2.06 bits per heavy atom. The second-order valence-corrected chi connectivity index (χ2v) is 17.1. The summed E-state index contributed by atoms with van der Waals surface area (Å²) in [7, 11) is 0. The van der Waals surface area contributed by atoms with Crippen LogP contribution < -0.4 is 0 Å². The van der Waals surface area contributed by atoms with Crippen molar-refractivity contribution in [1.82, 2.24) is 0 Å². The van der Waals surface area contributed by atoms with E-state index in [1.54, 1.807) is 0 Å². The summed E-state index contributed by atoms with van der Waals surface area (Å²) in [6.45, 7) is 23.5. The monoisotopic (exact) mass is 633 g/mol. The molecular weight excluding hydrogens is 583 g/mol. The summed E-state index contributed by atoms with van der Waals surface area (Å²) in [5, 5.41) is 9.94. The molecule has 48 heavy (non-hydrogen) atoms. The van der Waals surface area contributed by atoms with Crippen LogP contribution in [0.15, 0.2) is 100 Å². The lowest BCUT2D eigenvalue weighted by atomic mass is 9.71. The molecule has 0 saturated carbocycles. The van der Waals surface area contributed by atoms with Gasteiger partial charge in [0, 0.05) is 27.3 Å². The van der Waals surface area contributed by atoms with Crippen molar-refractivity contribution in [2.45, 2.75) is 88.1 Å². The minimum absolute atomic E-state index is 0.00565. The van der Waals surface area contributed by atoms with Gasteiger partial charge in [-0.25, -0.2) is 0 Å². The molecule has 0 amide bonds. The minimum atomic E-state index is -0.0455. The molecule has 0 aliphatic carbocycles. The molecule has 0 radical (unpaired) electrons. The molecule has 6 aromatic carbocycles. The molecule has 1 aromatic heterocycles. The predicted octanol–water partition coefficient (Wildman–Crippen LogP) is 14.2. The van der Waals surface area contributed by atoms with E-state index >= 15 is 0 Å². The number of para-hydroxylation sites is 1. The quantitative estimate of drug-likeness (QED) is 0.127. The number of aliphatic imine (C=N–C) groups is 1. The Labute approximate surface area is 286 Å². The number of hydrogen-bond donors (Lipinski definition) is 0. The molecule has 2 unspecified atom stereocenters. The average Bonchev–Trinajstić information content (AvgIpc) is 3.42. The van der Waals surface area contributed by atoms with Crippen LogP contribution in [0.4, 0.5) is 0 Å². The zero-order chi connectivity index (χ0) is 34.2. The van der Waals surface area contributed by atoms with Crippen LogP contribution in [0.3, 0.4) is 0 Å². The van der Waals surface area contributed by atoms with Crippen molar-refractivity contribution in [3.63, 3.8) is 0 Å². The molecule has 0 bridgehead atoms. The number of rotatable bonds is 7. The van der Waals surface area contributed by atoms with Gasteiger partial charge in [-0.3, -0.25) is 4.99 Å². The average molecular weight is 634 g/mol. The van der Waals surface area contributed by atoms with Crippen molar-refractivity contribution in [3.05, 3.63) is 96.6 Å². The van der Waals surface area contributed by atoms with Crippen molar-refractivity contribution >= 4 is 60.0 Å². The van der Waals surface area contributed by atoms with Crippen molar-refractivity contribution < 1.29 is 4.42 Å². The largest absolute Gasteiger partial charge is 0.455 e. The molecule has 7 aromatic rings. The summed E-state index contributed by atoms with van der Waals surface area (Å²) in [4.78, 5) is 5.65. The molecule has 7 rings (SSSR count). The van der Waals surface area contributed by atoms with Gasteiger partial charge in [-0.1, -0.05) is 135 Å². The second kappa shape index (κ2) is 11.5. The number of benzene rings is 6. The number of fused-ring (bicyclic) bond motifs is 4. The van der Waals surface area contributed by atoms with E-state index in [0.29, 0.717) is 5.92 Å². The minimum Gasteiger partial charge on any atom is -0.455 e. The SMILES string of the molecule is CC(=NC(c1ccc2cc(-c3ccccc3)c3c4oc5ccccc5c4cc4ccc1c2c43)C(C)(C)CCC(C)C(C)(C)C)C(C)(C)C. The maximum Gasteiger partial charge on any atom is 0.143 e. The highest BCUT2D eigenvalue weighted by Gasteiger charge is 2.35. The number of hydrogen-bond acceptors (Lipinski definition) is 2. The molecule has 0 spiro atoms. The van der Waals surface area contributed by atoms with Gasteiger partial charge in [-0.05, 0) is 98.4 Å². The first-order valence-electron chi connectivity index (χ1n) is 17.8. The fourth-order valence-corrected chi connectivity index (χ4v) is 7.46. The molecule has 0 saturated heterocycles. The highest BCUT2D eigenvalue weighted by atomic mass is 16.3. The van der Waals surface area contributed by atoms with Crippen LogP contribution >= 0.6 is 0 Å². The van der Waals surface area contributed by atoms with Gasteiger partial charge < -0.3 is 4.42 Å². The maximum atomic E-state index is 6.75. The van der Waals surface area contributed by atoms with Crippen LogP contribution in [0.2, 0.25) is 0 Å². The molecular formula is C46H51NO. The van der Waals surface area contributed by atoms with Crippen LogP contribution in [-0.2, 0) is 0 Å². The molecule has 246 valence electrons. The lowest BCUT2D eigenvalue weighted by molar-refractivity contribution is 0.187. The van der Waals surface area contributed by atoms with Crippen LogP contribution in [0, 0.1) is 22.2 Å². The van der Waals surface area contributed by atoms with E-state index < -0.39 is 0 Å². The Balaban J connectivity index is 1.54. The zero-order valence-corrected chi connectivity index (χ0v) is 30.6. The molecule has 0 aliphatic heterocycles. The van der Waals surface area contributed by atoms with Crippen molar-refractivity contribution in [2.75, 3.05) is 0 Å². The van der Waals surface area contributed by atoms with E-state index in [1.165, 1.54) is 66.5 Å². The highest BCUT2D eigenvalue weighted by Crippen LogP contribution is 2.50. The molecule has 0 aliphatic rings. The summed E-state index contributed by atoms with van der Waals surface area (Å²) < 4.78 is 6.75. The van der Waals surface area contributed by atoms with Crippen molar-refractivity contribution in [2.24, 2.45) is 27.2 Å². The summed E-state index contributed by atoms with van der Waals surface area (Å²) in [5.74, 6) is 0.620. The van der Waals surface area contributed by atoms with Gasteiger partial charge in [0.25, 0.3) is 0 Å². The van der Waals surface area contributed by atoms with Crippen molar-refractivity contribution in [3.8, 4) is 11.1 Å². The second-order valence-electron chi connectivity index (χ2n) is 17.1. The normalized spacial score (nSPS) is 15.0. The van der Waals surface area contributed by atoms with Crippen LogP contribution in [0.5, 0.6) is 0 Å². The summed E-state index contributed by atoms with van der Waals surface area (Å²) in [5.41, 5.74) is 7.07. The standard InChI is InChI=1S/C46H51NO/c1-28(44(3,4)5)24-25-46(9,10)43(47-29(2)45(6,7)8)35-23-21-31-26-36(30-16-12-11-13-17-30)41-40-32(20-22-34(35)39(31)40)27-37-33-18-14-15-19-38(33)48-42(37)41/h11-23,26-28,43H,24-25H2,1-10H3. The number of furan rings is 1. The predicted molar refractivity (Wildman–Crippen MR) is 210 cm³/mol. The Kier molecular flexibility index (Phi) is 7.74. The van der Waals surface area contributed by atoms with Gasteiger partial charge in [0.1, 0.15) is 11.2 Å². The van der Waals surface area contributed by atoms with E-state index in [-0.39, 0.29) is 22.3 Å². The Hall–Kier alpha value is -4.17. The van der Waals surface area contributed by atoms with E-state index in [2.05, 4.69) is 160 Å². The third kappa shape index (κ3) is 5.48. The maximum absolute atomic E-state index is 6.75. The van der Waals surface area contributed by atoms with E-state index in [1.807, 2.05) is 0 Å². The topological polar surface area (TPSA) is 25.5 Å². The lowest BCUT2D eigenvalue weighted by Crippen LogP contribution is -2.27. The highest BCUT2D eigenvalue weighted by molar-refractivity contribution is 6.34. The van der Waals surface area contributed by atoms with Gasteiger partial charge in [-0.2, -0.15) is 0 Å². The molecule has 0 N–H and O–H groups in total. The first-order valence-corrected chi connectivity index (χ1v) is 17.8. The fraction of sp³-hybridized carbons (Fsp3) is 0.370. The Morgan fingerprint density at radius 1 is 0.688 bits per heavy atom. The molecule has 2 nitrogen and oxygen atoms in total. The van der Waals surface area contributed by atoms with E-state index in [0.717, 1.165) is 23.0 Å². The smallest absolute Gasteiger partial charge is 0.143 e. The molecule has 0 fully saturated rings. The zero-order valence-electron chi connectivity index (χ0n) is 30.6. The molecule has 2 atom stereocenters. The van der Waals surface area contributed by atoms with Gasteiger partial charge in [0.15, 0.2) is 0 Å². The van der Waals surface area contributed by atoms with Crippen LogP contribution in [0.25, 0.3) is 65.4 Å². The first kappa shape index (κ1) is 32.4. The van der Waals surface area contributed by atoms with Crippen LogP contribution in [-0.4, -0.2) is 5.71 Å². The summed E-state index contributed by atoms with van der Waals surface area (Å²) in [6, 6.07) is 33.5. The Morgan fingerprint density at radius 2 is 1.35 bits per heavy atom. The third-order valence-electron chi connectivity index (χ3n) is 11.5. The van der Waals surface area contributed by atoms with Gasteiger partial charge in [0.05, 0.1) is 6.04 Å². The van der Waals surface area contributed by atoms with E-state index in [4.69, 9.17) is 9.41 Å². The first-order chi connectivity index (χ1) is 22.6. The lowest BCUT2D eigenvalue weighted by Gasteiger charge is -2.37. The summed E-state index contributed by atoms with van der Waals surface area (Å²) >= 11 is 0. The summed E-state index contributed by atoms with van der Waals surface area (Å²) in [6.07, 6.45) is 2.28. The molecule has 1 heterocycles. The van der Waals surface area contributed by atoms with Crippen LogP contribution in [0.1, 0.15) is 93.7 Å².